The highest BCUT2D eigenvalue weighted by atomic mass is 35.5. The van der Waals surface area contributed by atoms with Crippen molar-refractivity contribution in [3.8, 4) is 0 Å². The third-order valence-corrected chi connectivity index (χ3v) is 4.50. The second-order valence-electron chi connectivity index (χ2n) is 6.22. The Bertz CT molecular complexity index is 708. The third-order valence-electron chi connectivity index (χ3n) is 3.90. The number of benzene rings is 1. The van der Waals surface area contributed by atoms with Gasteiger partial charge in [-0.2, -0.15) is 12.6 Å². The molecule has 1 heterocycles. The Morgan fingerprint density at radius 2 is 2.00 bits per heavy atom. The molecule has 0 spiro atoms. The van der Waals surface area contributed by atoms with E-state index in [1.165, 1.54) is 5.56 Å². The van der Waals surface area contributed by atoms with Crippen LogP contribution >= 0.6 is 24.2 Å². The first-order chi connectivity index (χ1) is 11.9. The number of carbonyl (C=O) groups is 1. The van der Waals surface area contributed by atoms with Gasteiger partial charge in [0.05, 0.1) is 22.1 Å². The Balaban J connectivity index is 1.92. The van der Waals surface area contributed by atoms with Crippen LogP contribution < -0.4 is 5.32 Å². The molecule has 0 aliphatic carbocycles. The van der Waals surface area contributed by atoms with E-state index in [0.717, 1.165) is 18.4 Å². The van der Waals surface area contributed by atoms with E-state index in [0.29, 0.717) is 17.3 Å². The quantitative estimate of drug-likeness (QED) is 0.525. The van der Waals surface area contributed by atoms with E-state index in [4.69, 9.17) is 16.3 Å². The fraction of sp³-hybridized carbons (Fsp3) is 0.368. The van der Waals surface area contributed by atoms with Crippen molar-refractivity contribution in [2.24, 2.45) is 0 Å². The molecule has 4 nitrogen and oxygen atoms in total. The number of hydrogen-bond acceptors (Lipinski definition) is 4. The monoisotopic (exact) mass is 378 g/mol. The predicted molar refractivity (Wildman–Crippen MR) is 105 cm³/mol. The fourth-order valence-corrected chi connectivity index (χ4v) is 2.72. The molecule has 1 aromatic heterocycles. The number of halogens is 1. The molecule has 0 saturated carbocycles. The number of nitrogens with one attached hydrogen (secondary N) is 1. The lowest BCUT2D eigenvalue weighted by atomic mass is 9.97. The highest BCUT2D eigenvalue weighted by Crippen LogP contribution is 2.31. The number of aromatic nitrogens is 1. The molecule has 2 aromatic rings. The van der Waals surface area contributed by atoms with Crippen molar-refractivity contribution in [1.82, 2.24) is 4.98 Å². The van der Waals surface area contributed by atoms with Crippen LogP contribution in [-0.4, -0.2) is 23.3 Å². The van der Waals surface area contributed by atoms with Gasteiger partial charge in [-0.05, 0) is 62.1 Å². The molecular formula is C19H23ClN2O2S. The molecule has 1 amide bonds. The zero-order chi connectivity index (χ0) is 18.3. The third kappa shape index (κ3) is 6.03. The van der Waals surface area contributed by atoms with Crippen LogP contribution in [0.4, 0.5) is 5.69 Å². The summed E-state index contributed by atoms with van der Waals surface area (Å²) in [7, 11) is 0. The molecule has 25 heavy (non-hydrogen) atoms. The summed E-state index contributed by atoms with van der Waals surface area (Å²) in [5.74, 6) is -0.0749. The van der Waals surface area contributed by atoms with Gasteiger partial charge in [0.1, 0.15) is 0 Å². The van der Waals surface area contributed by atoms with E-state index in [1.807, 2.05) is 38.1 Å². The minimum atomic E-state index is -0.464. The van der Waals surface area contributed by atoms with Crippen LogP contribution in [-0.2, 0) is 21.6 Å². The Morgan fingerprint density at radius 3 is 2.64 bits per heavy atom. The largest absolute Gasteiger partial charge is 0.371 e. The lowest BCUT2D eigenvalue weighted by molar-refractivity contribution is -0.113. The molecule has 0 fully saturated rings. The number of hydrogen-bond donors (Lipinski definition) is 2. The number of amides is 1. The van der Waals surface area contributed by atoms with Crippen LogP contribution in [0.25, 0.3) is 0 Å². The molecule has 0 radical (unpaired) electrons. The Hall–Kier alpha value is -1.56. The molecule has 0 aliphatic rings. The van der Waals surface area contributed by atoms with Crippen molar-refractivity contribution in [2.75, 3.05) is 17.7 Å². The van der Waals surface area contributed by atoms with Crippen molar-refractivity contribution < 1.29 is 9.53 Å². The van der Waals surface area contributed by atoms with Gasteiger partial charge in [-0.25, -0.2) is 0 Å². The van der Waals surface area contributed by atoms with E-state index in [9.17, 15) is 4.79 Å². The Kier molecular flexibility index (Phi) is 7.29. The summed E-state index contributed by atoms with van der Waals surface area (Å²) in [6, 6.07) is 9.58. The lowest BCUT2D eigenvalue weighted by Gasteiger charge is -2.26. The molecule has 1 N–H and O–H groups in total. The van der Waals surface area contributed by atoms with E-state index in [1.54, 1.807) is 18.5 Å². The first-order valence-corrected chi connectivity index (χ1v) is 9.17. The highest BCUT2D eigenvalue weighted by molar-refractivity contribution is 7.81. The zero-order valence-corrected chi connectivity index (χ0v) is 16.1. The van der Waals surface area contributed by atoms with Crippen molar-refractivity contribution in [2.45, 2.75) is 32.3 Å². The topological polar surface area (TPSA) is 51.2 Å². The number of carbonyl (C=O) groups excluding carboxylic acids is 1. The van der Waals surface area contributed by atoms with Crippen LogP contribution in [0.15, 0.2) is 42.7 Å². The van der Waals surface area contributed by atoms with Crippen molar-refractivity contribution in [3.63, 3.8) is 0 Å². The maximum absolute atomic E-state index is 11.4. The molecule has 6 heteroatoms. The van der Waals surface area contributed by atoms with Crippen LogP contribution in [0, 0.1) is 0 Å². The lowest BCUT2D eigenvalue weighted by Crippen LogP contribution is -2.23. The molecule has 0 atom stereocenters. The van der Waals surface area contributed by atoms with Gasteiger partial charge in [0.2, 0.25) is 5.91 Å². The first kappa shape index (κ1) is 19.8. The normalized spacial score (nSPS) is 11.4. The van der Waals surface area contributed by atoms with Crippen molar-refractivity contribution >= 4 is 35.8 Å². The summed E-state index contributed by atoms with van der Waals surface area (Å²) < 4.78 is 6.06. The zero-order valence-electron chi connectivity index (χ0n) is 14.5. The van der Waals surface area contributed by atoms with E-state index < -0.39 is 5.60 Å². The predicted octanol–water partition coefficient (Wildman–Crippen LogP) is 4.49. The molecule has 0 bridgehead atoms. The van der Waals surface area contributed by atoms with Gasteiger partial charge in [0.15, 0.2) is 0 Å². The molecular weight excluding hydrogens is 356 g/mol. The van der Waals surface area contributed by atoms with Gasteiger partial charge in [-0.15, -0.1) is 0 Å². The average Bonchev–Trinajstić information content (AvgIpc) is 2.61. The van der Waals surface area contributed by atoms with Gasteiger partial charge in [-0.3, -0.25) is 9.78 Å². The fourth-order valence-electron chi connectivity index (χ4n) is 2.42. The number of nitrogens with zero attached hydrogens (tertiary/aromatic N) is 1. The summed E-state index contributed by atoms with van der Waals surface area (Å²) >= 11 is 10.2. The number of pyridine rings is 1. The van der Waals surface area contributed by atoms with Crippen molar-refractivity contribution in [1.29, 1.82) is 0 Å². The standard InChI is InChI=1S/C19H23ClN2O2S/c1-19(2,24-11-3-4-14-7-9-21-10-8-14)15-5-6-17(16(20)12-15)22-18(23)13-25/h5-10,12,25H,3-4,11,13H2,1-2H3,(H,22,23). The van der Waals surface area contributed by atoms with E-state index >= 15 is 0 Å². The van der Waals surface area contributed by atoms with Crippen LogP contribution in [0.3, 0.4) is 0 Å². The Labute approximate surface area is 159 Å². The van der Waals surface area contributed by atoms with Gasteiger partial charge in [0.25, 0.3) is 0 Å². The van der Waals surface area contributed by atoms with Gasteiger partial charge < -0.3 is 10.1 Å². The molecule has 1 aromatic carbocycles. The minimum Gasteiger partial charge on any atom is -0.371 e. The second kappa shape index (κ2) is 9.22. The van der Waals surface area contributed by atoms with Gasteiger partial charge in [-0.1, -0.05) is 17.7 Å². The smallest absolute Gasteiger partial charge is 0.234 e. The number of ether oxygens (including phenoxy) is 1. The number of rotatable bonds is 8. The number of aryl methyl sites for hydroxylation is 1. The first-order valence-electron chi connectivity index (χ1n) is 8.16. The van der Waals surface area contributed by atoms with Gasteiger partial charge >= 0.3 is 0 Å². The van der Waals surface area contributed by atoms with Crippen LogP contribution in [0.5, 0.6) is 0 Å². The molecule has 0 saturated heterocycles. The summed E-state index contributed by atoms with van der Waals surface area (Å²) in [4.78, 5) is 15.4. The molecule has 2 rings (SSSR count). The average molecular weight is 379 g/mol. The SMILES string of the molecule is CC(C)(OCCCc1ccncc1)c1ccc(NC(=O)CS)c(Cl)c1. The molecule has 0 aliphatic heterocycles. The summed E-state index contributed by atoms with van der Waals surface area (Å²) in [6.07, 6.45) is 5.48. The van der Waals surface area contributed by atoms with Gasteiger partial charge in [0, 0.05) is 19.0 Å². The Morgan fingerprint density at radius 1 is 1.28 bits per heavy atom. The molecule has 0 unspecified atom stereocenters. The van der Waals surface area contributed by atoms with Crippen LogP contribution in [0.2, 0.25) is 5.02 Å². The van der Waals surface area contributed by atoms with E-state index in [-0.39, 0.29) is 11.7 Å². The van der Waals surface area contributed by atoms with E-state index in [2.05, 4.69) is 22.9 Å². The summed E-state index contributed by atoms with van der Waals surface area (Å²) in [5.41, 5.74) is 2.33. The molecule has 134 valence electrons. The van der Waals surface area contributed by atoms with Crippen molar-refractivity contribution in [3.05, 3.63) is 58.9 Å². The summed E-state index contributed by atoms with van der Waals surface area (Å²) in [6.45, 7) is 4.67. The summed E-state index contributed by atoms with van der Waals surface area (Å²) in [5, 5.41) is 3.20. The highest BCUT2D eigenvalue weighted by Gasteiger charge is 2.22. The maximum atomic E-state index is 11.4. The number of anilines is 1. The number of thiol groups is 1. The maximum Gasteiger partial charge on any atom is 0.234 e. The van der Waals surface area contributed by atoms with Crippen LogP contribution in [0.1, 0.15) is 31.4 Å². The second-order valence-corrected chi connectivity index (χ2v) is 6.94. The minimum absolute atomic E-state index is 0.115.